The minimum Gasteiger partial charge on any atom is -0.381 e. The van der Waals surface area contributed by atoms with Crippen molar-refractivity contribution in [1.29, 1.82) is 0 Å². The van der Waals surface area contributed by atoms with Crippen molar-refractivity contribution in [3.05, 3.63) is 0 Å². The maximum absolute atomic E-state index is 5.86. The molecular weight excluding hydrogens is 260 g/mol. The van der Waals surface area contributed by atoms with E-state index in [0.29, 0.717) is 5.41 Å². The Balaban J connectivity index is 1.84. The lowest BCUT2D eigenvalue weighted by Crippen LogP contribution is -2.51. The fraction of sp³-hybridized carbons (Fsp3) is 1.00. The molecule has 2 aliphatic heterocycles. The van der Waals surface area contributed by atoms with Gasteiger partial charge in [-0.15, -0.1) is 0 Å². The van der Waals surface area contributed by atoms with E-state index >= 15 is 0 Å². The summed E-state index contributed by atoms with van der Waals surface area (Å²) in [6.45, 7) is 14.9. The van der Waals surface area contributed by atoms with Gasteiger partial charge in [0.15, 0.2) is 0 Å². The van der Waals surface area contributed by atoms with Crippen molar-refractivity contribution in [1.82, 2.24) is 10.2 Å². The summed E-state index contributed by atoms with van der Waals surface area (Å²) < 4.78 is 5.86. The Labute approximate surface area is 131 Å². The molecule has 3 nitrogen and oxygen atoms in total. The number of nitrogens with zero attached hydrogens (tertiary/aromatic N) is 1. The van der Waals surface area contributed by atoms with Gasteiger partial charge in [-0.2, -0.15) is 0 Å². The van der Waals surface area contributed by atoms with Gasteiger partial charge < -0.3 is 15.0 Å². The molecule has 0 aromatic heterocycles. The minimum absolute atomic E-state index is 0.353. The van der Waals surface area contributed by atoms with Gasteiger partial charge in [0, 0.05) is 25.1 Å². The van der Waals surface area contributed by atoms with Crippen LogP contribution in [0.1, 0.15) is 52.9 Å². The molecule has 21 heavy (non-hydrogen) atoms. The Morgan fingerprint density at radius 2 is 2.05 bits per heavy atom. The SMILES string of the molecule is CCC1CCN(CC2(CNCC(C)C)CCCOC2)CC1. The number of hydrogen-bond donors (Lipinski definition) is 1. The van der Waals surface area contributed by atoms with Crippen LogP contribution in [0.4, 0.5) is 0 Å². The van der Waals surface area contributed by atoms with Crippen LogP contribution in [0.2, 0.25) is 0 Å². The topological polar surface area (TPSA) is 24.5 Å². The molecule has 0 radical (unpaired) electrons. The Kier molecular flexibility index (Phi) is 6.97. The summed E-state index contributed by atoms with van der Waals surface area (Å²) in [4.78, 5) is 2.71. The highest BCUT2D eigenvalue weighted by molar-refractivity contribution is 4.88. The van der Waals surface area contributed by atoms with Crippen molar-refractivity contribution < 1.29 is 4.74 Å². The number of rotatable bonds is 7. The van der Waals surface area contributed by atoms with Crippen LogP contribution in [0.25, 0.3) is 0 Å². The molecule has 0 aromatic rings. The maximum atomic E-state index is 5.86. The standard InChI is InChI=1S/C18H36N2O/c1-4-17-6-9-20(10-7-17)14-18(8-5-11-21-15-18)13-19-12-16(2)3/h16-17,19H,4-15H2,1-3H3. The number of ether oxygens (including phenoxy) is 1. The Morgan fingerprint density at radius 1 is 1.29 bits per heavy atom. The molecule has 2 heterocycles. The van der Waals surface area contributed by atoms with Gasteiger partial charge in [-0.1, -0.05) is 27.2 Å². The zero-order chi connectivity index (χ0) is 15.1. The van der Waals surface area contributed by atoms with Gasteiger partial charge in [-0.25, -0.2) is 0 Å². The first-order valence-corrected chi connectivity index (χ1v) is 9.14. The average molecular weight is 296 g/mol. The zero-order valence-electron chi connectivity index (χ0n) is 14.5. The molecular formula is C18H36N2O. The number of piperidine rings is 1. The summed E-state index contributed by atoms with van der Waals surface area (Å²) in [6.07, 6.45) is 6.71. The van der Waals surface area contributed by atoms with Crippen LogP contribution in [-0.2, 0) is 4.74 Å². The molecule has 0 bridgehead atoms. The van der Waals surface area contributed by atoms with Gasteiger partial charge in [-0.05, 0) is 57.2 Å². The lowest BCUT2D eigenvalue weighted by molar-refractivity contribution is -0.0310. The normalized spacial score (nSPS) is 29.1. The van der Waals surface area contributed by atoms with Crippen LogP contribution in [0.3, 0.4) is 0 Å². The Hall–Kier alpha value is -0.120. The van der Waals surface area contributed by atoms with Crippen molar-refractivity contribution in [3.63, 3.8) is 0 Å². The van der Waals surface area contributed by atoms with E-state index in [1.807, 2.05) is 0 Å². The predicted octanol–water partition coefficient (Wildman–Crippen LogP) is 3.15. The number of nitrogens with one attached hydrogen (secondary N) is 1. The molecule has 124 valence electrons. The summed E-state index contributed by atoms with van der Waals surface area (Å²) in [6, 6.07) is 0. The second-order valence-corrected chi connectivity index (χ2v) is 7.81. The van der Waals surface area contributed by atoms with Crippen LogP contribution in [0, 0.1) is 17.3 Å². The van der Waals surface area contributed by atoms with Crippen LogP contribution in [0.15, 0.2) is 0 Å². The Bertz CT molecular complexity index is 279. The molecule has 2 fully saturated rings. The molecule has 0 amide bonds. The molecule has 0 saturated carbocycles. The van der Waals surface area contributed by atoms with Crippen molar-refractivity contribution in [2.45, 2.75) is 52.9 Å². The third-order valence-electron chi connectivity index (χ3n) is 5.30. The van der Waals surface area contributed by atoms with Gasteiger partial charge in [0.1, 0.15) is 0 Å². The zero-order valence-corrected chi connectivity index (χ0v) is 14.5. The molecule has 2 aliphatic rings. The fourth-order valence-electron chi connectivity index (χ4n) is 3.88. The van der Waals surface area contributed by atoms with E-state index in [0.717, 1.165) is 38.1 Å². The van der Waals surface area contributed by atoms with Crippen LogP contribution in [-0.4, -0.2) is 50.8 Å². The molecule has 1 atom stereocenters. The largest absolute Gasteiger partial charge is 0.381 e. The third kappa shape index (κ3) is 5.54. The molecule has 1 N–H and O–H groups in total. The summed E-state index contributed by atoms with van der Waals surface area (Å²) in [5, 5.41) is 3.70. The molecule has 0 aromatic carbocycles. The molecule has 0 aliphatic carbocycles. The molecule has 3 heteroatoms. The quantitative estimate of drug-likeness (QED) is 0.781. The highest BCUT2D eigenvalue weighted by atomic mass is 16.5. The van der Waals surface area contributed by atoms with E-state index < -0.39 is 0 Å². The van der Waals surface area contributed by atoms with Crippen LogP contribution in [0.5, 0.6) is 0 Å². The molecule has 1 unspecified atom stereocenters. The van der Waals surface area contributed by atoms with Crippen molar-refractivity contribution in [2.24, 2.45) is 17.3 Å². The lowest BCUT2D eigenvalue weighted by atomic mass is 9.80. The van der Waals surface area contributed by atoms with Gasteiger partial charge in [0.25, 0.3) is 0 Å². The summed E-state index contributed by atoms with van der Waals surface area (Å²) in [7, 11) is 0. The van der Waals surface area contributed by atoms with E-state index in [9.17, 15) is 0 Å². The van der Waals surface area contributed by atoms with Crippen molar-refractivity contribution in [3.8, 4) is 0 Å². The maximum Gasteiger partial charge on any atom is 0.0546 e. The summed E-state index contributed by atoms with van der Waals surface area (Å²) in [5.41, 5.74) is 0.353. The van der Waals surface area contributed by atoms with Crippen molar-refractivity contribution >= 4 is 0 Å². The minimum atomic E-state index is 0.353. The summed E-state index contributed by atoms with van der Waals surface area (Å²) in [5.74, 6) is 1.70. The van der Waals surface area contributed by atoms with Gasteiger partial charge in [0.05, 0.1) is 6.61 Å². The van der Waals surface area contributed by atoms with E-state index in [1.54, 1.807) is 0 Å². The predicted molar refractivity (Wildman–Crippen MR) is 89.6 cm³/mol. The molecule has 2 rings (SSSR count). The van der Waals surface area contributed by atoms with Crippen LogP contribution >= 0.6 is 0 Å². The second kappa shape index (κ2) is 8.50. The van der Waals surface area contributed by atoms with Gasteiger partial charge >= 0.3 is 0 Å². The van der Waals surface area contributed by atoms with Gasteiger partial charge in [-0.3, -0.25) is 0 Å². The highest BCUT2D eigenvalue weighted by Gasteiger charge is 2.35. The van der Waals surface area contributed by atoms with Crippen molar-refractivity contribution in [2.75, 3.05) is 45.9 Å². The highest BCUT2D eigenvalue weighted by Crippen LogP contribution is 2.31. The molecule has 2 saturated heterocycles. The number of hydrogen-bond acceptors (Lipinski definition) is 3. The Morgan fingerprint density at radius 3 is 2.62 bits per heavy atom. The first-order valence-electron chi connectivity index (χ1n) is 9.14. The number of likely N-dealkylation sites (tertiary alicyclic amines) is 1. The van der Waals surface area contributed by atoms with Gasteiger partial charge in [0.2, 0.25) is 0 Å². The van der Waals surface area contributed by atoms with Crippen LogP contribution < -0.4 is 5.32 Å². The monoisotopic (exact) mass is 296 g/mol. The average Bonchev–Trinajstić information content (AvgIpc) is 2.48. The smallest absolute Gasteiger partial charge is 0.0546 e. The second-order valence-electron chi connectivity index (χ2n) is 7.81. The summed E-state index contributed by atoms with van der Waals surface area (Å²) >= 11 is 0. The van der Waals surface area contributed by atoms with E-state index in [2.05, 4.69) is 31.0 Å². The van der Waals surface area contributed by atoms with E-state index in [1.165, 1.54) is 51.7 Å². The third-order valence-corrected chi connectivity index (χ3v) is 5.30. The molecule has 0 spiro atoms. The van der Waals surface area contributed by atoms with E-state index in [-0.39, 0.29) is 0 Å². The lowest BCUT2D eigenvalue weighted by Gasteiger charge is -2.43. The van der Waals surface area contributed by atoms with E-state index in [4.69, 9.17) is 4.74 Å². The first kappa shape index (κ1) is 17.2. The fourth-order valence-corrected chi connectivity index (χ4v) is 3.88. The first-order chi connectivity index (χ1) is 10.1.